The van der Waals surface area contributed by atoms with Crippen LogP contribution in [0.5, 0.6) is 0 Å². The average Bonchev–Trinajstić information content (AvgIpc) is 2.36. The Morgan fingerprint density at radius 3 is 1.65 bits per heavy atom. The maximum Gasteiger partial charge on any atom is 0.414 e. The van der Waals surface area contributed by atoms with Gasteiger partial charge in [0.2, 0.25) is 0 Å². The number of hydrogen-bond donors (Lipinski definition) is 0. The lowest BCUT2D eigenvalue weighted by Crippen LogP contribution is -2.34. The molecule has 132 valence electrons. The van der Waals surface area contributed by atoms with Gasteiger partial charge in [0.25, 0.3) is 0 Å². The highest BCUT2D eigenvalue weighted by Crippen LogP contribution is 2.53. The van der Waals surface area contributed by atoms with Crippen LogP contribution in [-0.4, -0.2) is 24.6 Å². The molecule has 0 bridgehead atoms. The molecule has 11 heteroatoms. The van der Waals surface area contributed by atoms with E-state index in [-0.39, 0.29) is 0 Å². The summed E-state index contributed by atoms with van der Waals surface area (Å²) in [6, 6.07) is 3.64. The second kappa shape index (κ2) is 6.78. The Labute approximate surface area is 126 Å². The van der Waals surface area contributed by atoms with Crippen molar-refractivity contribution >= 4 is 12.9 Å². The lowest BCUT2D eigenvalue weighted by atomic mass is 10.3. The monoisotopic (exact) mass is 368 g/mol. The molecule has 0 aliphatic heterocycles. The Bertz CT molecular complexity index is 559. The van der Waals surface area contributed by atoms with Crippen LogP contribution in [0, 0.1) is 5.82 Å². The van der Waals surface area contributed by atoms with Crippen LogP contribution >= 0.6 is 7.60 Å². The third-order valence-corrected chi connectivity index (χ3v) is 4.80. The zero-order chi connectivity index (χ0) is 18.1. The molecule has 2 unspecified atom stereocenters. The van der Waals surface area contributed by atoms with Gasteiger partial charge in [-0.25, -0.2) is 4.39 Å². The molecule has 0 saturated heterocycles. The number of alkyl halides is 6. The summed E-state index contributed by atoms with van der Waals surface area (Å²) in [5.74, 6) is -1.31. The summed E-state index contributed by atoms with van der Waals surface area (Å²) >= 11 is 0. The van der Waals surface area contributed by atoms with Crippen LogP contribution < -0.4 is 5.30 Å². The number of rotatable bonds is 5. The van der Waals surface area contributed by atoms with Crippen LogP contribution in [0.2, 0.25) is 0 Å². The highest BCUT2D eigenvalue weighted by molar-refractivity contribution is 7.62. The second-order valence-corrected chi connectivity index (χ2v) is 6.43. The Morgan fingerprint density at radius 2 is 1.30 bits per heavy atom. The van der Waals surface area contributed by atoms with Crippen LogP contribution in [0.25, 0.3) is 0 Å². The summed E-state index contributed by atoms with van der Waals surface area (Å²) in [5, 5.41) is -1.01. The van der Waals surface area contributed by atoms with Crippen LogP contribution in [0.4, 0.5) is 30.7 Å². The Hall–Kier alpha value is -1.12. The third-order valence-electron chi connectivity index (χ3n) is 2.66. The molecule has 1 rings (SSSR count). The summed E-state index contributed by atoms with van der Waals surface area (Å²) in [5.41, 5.74) is 0. The van der Waals surface area contributed by atoms with Crippen molar-refractivity contribution < 1.29 is 44.3 Å². The Morgan fingerprint density at radius 1 is 0.913 bits per heavy atom. The second-order valence-electron chi connectivity index (χ2n) is 4.53. The standard InChI is InChI=1S/C12H12F7O3P/c1-7(11(14,15)16)21-23(20,22-8(2)12(17,18)19)10-6-4-3-5-9(10)13/h3-8H,1-2H3. The smallest absolute Gasteiger partial charge is 0.292 e. The van der Waals surface area contributed by atoms with Crippen molar-refractivity contribution in [2.24, 2.45) is 0 Å². The van der Waals surface area contributed by atoms with E-state index in [1.54, 1.807) is 0 Å². The van der Waals surface area contributed by atoms with Gasteiger partial charge in [-0.1, -0.05) is 12.1 Å². The van der Waals surface area contributed by atoms with Gasteiger partial charge >= 0.3 is 19.9 Å². The van der Waals surface area contributed by atoms with Gasteiger partial charge in [-0.2, -0.15) is 26.3 Å². The first kappa shape index (κ1) is 19.9. The van der Waals surface area contributed by atoms with Gasteiger partial charge in [0.05, 0.1) is 5.30 Å². The number of halogens is 7. The molecule has 0 saturated carbocycles. The van der Waals surface area contributed by atoms with Crippen molar-refractivity contribution in [2.45, 2.75) is 38.4 Å². The molecule has 1 aromatic rings. The quantitative estimate of drug-likeness (QED) is 0.564. The molecule has 0 aromatic heterocycles. The van der Waals surface area contributed by atoms with E-state index in [0.29, 0.717) is 19.9 Å². The van der Waals surface area contributed by atoms with Gasteiger partial charge in [0, 0.05) is 0 Å². The largest absolute Gasteiger partial charge is 0.414 e. The highest BCUT2D eigenvalue weighted by Gasteiger charge is 2.48. The van der Waals surface area contributed by atoms with E-state index in [1.807, 2.05) is 0 Å². The van der Waals surface area contributed by atoms with Gasteiger partial charge < -0.3 is 0 Å². The summed E-state index contributed by atoms with van der Waals surface area (Å²) in [4.78, 5) is 0. The van der Waals surface area contributed by atoms with Gasteiger partial charge in [-0.15, -0.1) is 0 Å². The van der Waals surface area contributed by atoms with Gasteiger partial charge in [0.1, 0.15) is 5.82 Å². The Balaban J connectivity index is 3.26. The fraction of sp³-hybridized carbons (Fsp3) is 0.500. The summed E-state index contributed by atoms with van der Waals surface area (Å²) < 4.78 is 110. The maximum atomic E-state index is 13.7. The van der Waals surface area contributed by atoms with Crippen LogP contribution in [0.1, 0.15) is 13.8 Å². The minimum absolute atomic E-state index is 0.426. The maximum absolute atomic E-state index is 13.7. The molecule has 0 N–H and O–H groups in total. The van der Waals surface area contributed by atoms with Crippen molar-refractivity contribution in [1.82, 2.24) is 0 Å². The van der Waals surface area contributed by atoms with Crippen LogP contribution in [-0.2, 0) is 13.6 Å². The van der Waals surface area contributed by atoms with E-state index < -0.39 is 43.3 Å². The van der Waals surface area contributed by atoms with Gasteiger partial charge in [-0.3, -0.25) is 13.6 Å². The first-order valence-corrected chi connectivity index (χ1v) is 7.67. The average molecular weight is 368 g/mol. The molecular weight excluding hydrogens is 356 g/mol. The SMILES string of the molecule is CC(OP(=O)(OC(C)C(F)(F)F)c1ccccc1F)C(F)(F)F. The first-order valence-electron chi connectivity index (χ1n) is 6.13. The molecule has 0 radical (unpaired) electrons. The molecule has 1 aromatic carbocycles. The lowest BCUT2D eigenvalue weighted by Gasteiger charge is -2.27. The number of benzene rings is 1. The third kappa shape index (κ3) is 5.19. The fourth-order valence-corrected chi connectivity index (χ4v) is 3.30. The van der Waals surface area contributed by atoms with E-state index in [4.69, 9.17) is 0 Å². The molecule has 0 spiro atoms. The van der Waals surface area contributed by atoms with E-state index in [0.717, 1.165) is 18.2 Å². The fourth-order valence-electron chi connectivity index (χ4n) is 1.35. The minimum atomic E-state index is -5.23. The van der Waals surface area contributed by atoms with E-state index >= 15 is 0 Å². The lowest BCUT2D eigenvalue weighted by molar-refractivity contribution is -0.203. The number of hydrogen-bond acceptors (Lipinski definition) is 3. The van der Waals surface area contributed by atoms with Crippen molar-refractivity contribution in [3.8, 4) is 0 Å². The van der Waals surface area contributed by atoms with Gasteiger partial charge in [0.15, 0.2) is 12.2 Å². The predicted molar refractivity (Wildman–Crippen MR) is 66.8 cm³/mol. The summed E-state index contributed by atoms with van der Waals surface area (Å²) in [7, 11) is -5.23. The summed E-state index contributed by atoms with van der Waals surface area (Å²) in [6.45, 7) is 0.851. The topological polar surface area (TPSA) is 35.5 Å². The van der Waals surface area contributed by atoms with Crippen LogP contribution in [0.15, 0.2) is 24.3 Å². The first-order chi connectivity index (χ1) is 10.3. The summed E-state index contributed by atoms with van der Waals surface area (Å²) in [6.07, 6.45) is -15.5. The van der Waals surface area contributed by atoms with Gasteiger partial charge in [-0.05, 0) is 26.0 Å². The minimum Gasteiger partial charge on any atom is -0.292 e. The zero-order valence-electron chi connectivity index (χ0n) is 11.8. The van der Waals surface area contributed by atoms with Crippen molar-refractivity contribution in [2.75, 3.05) is 0 Å². The van der Waals surface area contributed by atoms with Crippen LogP contribution in [0.3, 0.4) is 0 Å². The molecule has 23 heavy (non-hydrogen) atoms. The van der Waals surface area contributed by atoms with E-state index in [2.05, 4.69) is 9.05 Å². The van der Waals surface area contributed by atoms with E-state index in [1.165, 1.54) is 0 Å². The zero-order valence-corrected chi connectivity index (χ0v) is 12.7. The van der Waals surface area contributed by atoms with Crippen molar-refractivity contribution in [1.29, 1.82) is 0 Å². The van der Waals surface area contributed by atoms with E-state index in [9.17, 15) is 35.3 Å². The highest BCUT2D eigenvalue weighted by atomic mass is 31.2. The molecule has 2 atom stereocenters. The molecule has 0 aliphatic carbocycles. The molecule has 0 fully saturated rings. The normalized spacial score (nSPS) is 18.3. The predicted octanol–water partition coefficient (Wildman–Crippen LogP) is 4.58. The van der Waals surface area contributed by atoms with Crippen molar-refractivity contribution in [3.05, 3.63) is 30.1 Å². The van der Waals surface area contributed by atoms with Crippen molar-refractivity contribution in [3.63, 3.8) is 0 Å². The molecule has 0 heterocycles. The molecule has 0 aliphatic rings. The molecule has 3 nitrogen and oxygen atoms in total. The molecule has 0 amide bonds. The Kier molecular flexibility index (Phi) is 5.88. The molecular formula is C12H12F7O3P.